The van der Waals surface area contributed by atoms with E-state index in [0.717, 1.165) is 16.9 Å². The van der Waals surface area contributed by atoms with Gasteiger partial charge in [0.05, 0.1) is 12.8 Å². The highest BCUT2D eigenvalue weighted by atomic mass is 16.3. The molecule has 2 rings (SSSR count). The van der Waals surface area contributed by atoms with Crippen LogP contribution in [-0.2, 0) is 4.79 Å². The lowest BCUT2D eigenvalue weighted by Gasteiger charge is -2.37. The van der Waals surface area contributed by atoms with Crippen LogP contribution in [0.25, 0.3) is 0 Å². The van der Waals surface area contributed by atoms with Crippen molar-refractivity contribution in [1.29, 1.82) is 0 Å². The van der Waals surface area contributed by atoms with Crippen molar-refractivity contribution in [2.75, 3.05) is 0 Å². The van der Waals surface area contributed by atoms with Gasteiger partial charge in [0.1, 0.15) is 17.3 Å². The maximum atomic E-state index is 12.0. The van der Waals surface area contributed by atoms with Gasteiger partial charge in [-0.3, -0.25) is 4.79 Å². The van der Waals surface area contributed by atoms with Gasteiger partial charge in [-0.1, -0.05) is 0 Å². The molecule has 1 fully saturated rings. The first-order valence-electron chi connectivity index (χ1n) is 6.85. The van der Waals surface area contributed by atoms with Crippen LogP contribution in [0.3, 0.4) is 0 Å². The Kier molecular flexibility index (Phi) is 3.20. The second kappa shape index (κ2) is 4.32. The van der Waals surface area contributed by atoms with Crippen LogP contribution in [0.2, 0.25) is 0 Å². The second-order valence-corrected chi connectivity index (χ2v) is 6.89. The largest absolute Gasteiger partial charge is 0.466 e. The lowest BCUT2D eigenvalue weighted by atomic mass is 9.80. The highest BCUT2D eigenvalue weighted by Crippen LogP contribution is 2.30. The summed E-state index contributed by atoms with van der Waals surface area (Å²) in [5.74, 6) is 2.15. The molecular weight excluding hydrogens is 238 g/mol. The van der Waals surface area contributed by atoms with Crippen LogP contribution in [-0.4, -0.2) is 16.9 Å². The number of carbonyl (C=O) groups excluding carboxylic acids is 1. The van der Waals surface area contributed by atoms with E-state index in [1.54, 1.807) is 0 Å². The Hall–Kier alpha value is -1.38. The van der Waals surface area contributed by atoms with Gasteiger partial charge in [-0.05, 0) is 13.8 Å². The highest BCUT2D eigenvalue weighted by Gasteiger charge is 2.49. The molecule has 1 aliphatic rings. The van der Waals surface area contributed by atoms with E-state index >= 15 is 0 Å². The molecule has 0 unspecified atom stereocenters. The van der Waals surface area contributed by atoms with Crippen molar-refractivity contribution in [1.82, 2.24) is 4.58 Å². The summed E-state index contributed by atoms with van der Waals surface area (Å²) in [5.41, 5.74) is -0.335. The van der Waals surface area contributed by atoms with Crippen LogP contribution in [0.1, 0.15) is 52.1 Å². The van der Waals surface area contributed by atoms with Gasteiger partial charge in [0.15, 0.2) is 11.1 Å². The molecule has 0 saturated carbocycles. The predicted molar refractivity (Wildman–Crippen MR) is 75.9 cm³/mol. The first-order chi connectivity index (χ1) is 8.62. The summed E-state index contributed by atoms with van der Waals surface area (Å²) in [7, 11) is 0. The Morgan fingerprint density at radius 3 is 1.84 bits per heavy atom. The molecule has 0 atom stereocenters. The van der Waals surface area contributed by atoms with E-state index in [0.29, 0.717) is 18.6 Å². The average Bonchev–Trinajstić information content (AvgIpc) is 2.09. The number of hydrogen-bond donors (Lipinski definition) is 0. The molecule has 0 aliphatic carbocycles. The van der Waals surface area contributed by atoms with Gasteiger partial charge in [-0.2, -0.15) is 0 Å². The van der Waals surface area contributed by atoms with E-state index in [-0.39, 0.29) is 11.1 Å². The fourth-order valence-electron chi connectivity index (χ4n) is 3.60. The Bertz CT molecular complexity index is 546. The van der Waals surface area contributed by atoms with Crippen LogP contribution in [0.4, 0.5) is 0 Å². The Morgan fingerprint density at radius 2 is 1.42 bits per heavy atom. The molecule has 1 aliphatic heterocycles. The Balaban J connectivity index is 2.78. The first kappa shape index (κ1) is 14.0. The number of Topliss-reactive ketones (excluding diaryl/α,β-unsaturated/α-hetero) is 1. The lowest BCUT2D eigenvalue weighted by molar-refractivity contribution is -0.125. The van der Waals surface area contributed by atoms with Crippen molar-refractivity contribution in [2.24, 2.45) is 0 Å². The molecule has 104 valence electrons. The van der Waals surface area contributed by atoms with E-state index < -0.39 is 0 Å². The number of nitrogens with zero attached hydrogens (tertiary/aromatic N) is 1. The first-order valence-corrected chi connectivity index (χ1v) is 6.85. The molecule has 1 aromatic rings. The van der Waals surface area contributed by atoms with E-state index in [1.165, 1.54) is 0 Å². The van der Waals surface area contributed by atoms with Gasteiger partial charge in [0, 0.05) is 39.8 Å². The van der Waals surface area contributed by atoms with Crippen molar-refractivity contribution in [2.45, 2.75) is 65.5 Å². The van der Waals surface area contributed by atoms with Crippen molar-refractivity contribution < 1.29 is 9.21 Å². The molecule has 2 heterocycles. The summed E-state index contributed by atoms with van der Waals surface area (Å²) in [6.07, 6.45) is 1.20. The number of hydrogen-bond acceptors (Lipinski definition) is 2. The SMILES string of the molecule is Cc1cc(=[N+]2C(C)(C)CC(=O)CC2(C)C)cc(C)o1. The molecule has 0 N–H and O–H groups in total. The zero-order valence-electron chi connectivity index (χ0n) is 12.8. The van der Waals surface area contributed by atoms with Crippen molar-refractivity contribution in [3.8, 4) is 0 Å². The van der Waals surface area contributed by atoms with Gasteiger partial charge >= 0.3 is 0 Å². The number of piperidine rings is 1. The summed E-state index contributed by atoms with van der Waals surface area (Å²) in [6.45, 7) is 12.5. The molecule has 19 heavy (non-hydrogen) atoms. The zero-order chi connectivity index (χ0) is 14.4. The summed E-state index contributed by atoms with van der Waals surface area (Å²) in [6, 6.07) is 4.12. The summed E-state index contributed by atoms with van der Waals surface area (Å²) in [4.78, 5) is 12.0. The average molecular weight is 262 g/mol. The third-order valence-electron chi connectivity index (χ3n) is 3.75. The minimum atomic E-state index is -0.168. The van der Waals surface area contributed by atoms with Crippen LogP contribution < -0.4 is 9.93 Å². The third kappa shape index (κ3) is 2.65. The third-order valence-corrected chi connectivity index (χ3v) is 3.75. The van der Waals surface area contributed by atoms with E-state index in [4.69, 9.17) is 4.42 Å². The Labute approximate surface area is 115 Å². The molecular formula is C16H24NO2+. The van der Waals surface area contributed by atoms with Gasteiger partial charge in [0.25, 0.3) is 0 Å². The Morgan fingerprint density at radius 1 is 1.00 bits per heavy atom. The zero-order valence-corrected chi connectivity index (χ0v) is 12.8. The number of rotatable bonds is 0. The fraction of sp³-hybridized carbons (Fsp3) is 0.625. The maximum Gasteiger partial charge on any atom is 0.207 e. The molecule has 0 aromatic carbocycles. The normalized spacial score (nSPS) is 21.6. The minimum absolute atomic E-state index is 0.168. The molecule has 0 radical (unpaired) electrons. The van der Waals surface area contributed by atoms with E-state index in [9.17, 15) is 4.79 Å². The number of ketones is 1. The molecule has 0 spiro atoms. The van der Waals surface area contributed by atoms with Crippen LogP contribution in [0, 0.1) is 13.8 Å². The second-order valence-electron chi connectivity index (χ2n) is 6.89. The fourth-order valence-corrected chi connectivity index (χ4v) is 3.60. The quantitative estimate of drug-likeness (QED) is 0.673. The lowest BCUT2D eigenvalue weighted by Crippen LogP contribution is -2.62. The van der Waals surface area contributed by atoms with E-state index in [2.05, 4.69) is 44.4 Å². The van der Waals surface area contributed by atoms with Gasteiger partial charge < -0.3 is 4.42 Å². The van der Waals surface area contributed by atoms with Gasteiger partial charge in [-0.25, -0.2) is 4.58 Å². The van der Waals surface area contributed by atoms with Crippen LogP contribution in [0.15, 0.2) is 16.5 Å². The van der Waals surface area contributed by atoms with Crippen molar-refractivity contribution in [3.05, 3.63) is 29.0 Å². The molecule has 0 amide bonds. The molecule has 0 bridgehead atoms. The number of carbonyl (C=O) groups is 1. The van der Waals surface area contributed by atoms with Crippen molar-refractivity contribution >= 4 is 5.78 Å². The smallest absolute Gasteiger partial charge is 0.207 e. The van der Waals surface area contributed by atoms with E-state index in [1.807, 2.05) is 13.8 Å². The minimum Gasteiger partial charge on any atom is -0.466 e. The molecule has 1 saturated heterocycles. The predicted octanol–water partition coefficient (Wildman–Crippen LogP) is 2.59. The van der Waals surface area contributed by atoms with Gasteiger partial charge in [0.2, 0.25) is 5.36 Å². The van der Waals surface area contributed by atoms with Crippen molar-refractivity contribution in [3.63, 3.8) is 0 Å². The summed E-state index contributed by atoms with van der Waals surface area (Å²) >= 11 is 0. The van der Waals surface area contributed by atoms with Crippen LogP contribution in [0.5, 0.6) is 0 Å². The number of aryl methyl sites for hydroxylation is 2. The molecule has 1 aromatic heterocycles. The van der Waals surface area contributed by atoms with Gasteiger partial charge in [-0.15, -0.1) is 0 Å². The van der Waals surface area contributed by atoms with Crippen LogP contribution >= 0.6 is 0 Å². The standard InChI is InChI=1S/C16H24NO2/c1-11-7-13(8-12(2)19-11)17-15(3,4)9-14(18)10-16(17,5)6/h7-8H,9-10H2,1-6H3/q+1. The monoisotopic (exact) mass is 262 g/mol. The maximum absolute atomic E-state index is 12.0. The summed E-state index contributed by atoms with van der Waals surface area (Å²) < 4.78 is 7.94. The highest BCUT2D eigenvalue weighted by molar-refractivity contribution is 5.81. The molecule has 3 heteroatoms. The molecule has 3 nitrogen and oxygen atoms in total. The summed E-state index contributed by atoms with van der Waals surface area (Å²) in [5, 5.41) is 1.14. The topological polar surface area (TPSA) is 33.2 Å².